The lowest BCUT2D eigenvalue weighted by Crippen LogP contribution is -2.07. The van der Waals surface area contributed by atoms with Crippen LogP contribution in [0.1, 0.15) is 37.7 Å². The van der Waals surface area contributed by atoms with Crippen molar-refractivity contribution in [2.75, 3.05) is 0 Å². The van der Waals surface area contributed by atoms with E-state index in [1.165, 1.54) is 0 Å². The van der Waals surface area contributed by atoms with Gasteiger partial charge in [-0.2, -0.15) is 0 Å². The normalized spacial score (nSPS) is 10.6. The Labute approximate surface area is 173 Å². The summed E-state index contributed by atoms with van der Waals surface area (Å²) in [6.45, 7) is 1.84. The van der Waals surface area contributed by atoms with Crippen LogP contribution in [0.2, 0.25) is 0 Å². The number of esters is 1. The standard InChI is InChI=1S/C24H18N2O4/c1-16-6-5-9-20(14-16)23-26-25-21(30-23)15-29-24(28)19-12-10-18(11-13-19)22(27)17-7-3-2-4-8-17/h2-14H,15H2,1H3. The highest BCUT2D eigenvalue weighted by molar-refractivity contribution is 6.09. The van der Waals surface area contributed by atoms with E-state index in [1.807, 2.05) is 37.3 Å². The van der Waals surface area contributed by atoms with Gasteiger partial charge in [-0.1, -0.05) is 60.2 Å². The Morgan fingerprint density at radius 2 is 1.53 bits per heavy atom. The minimum atomic E-state index is -0.538. The molecule has 0 N–H and O–H groups in total. The predicted molar refractivity (Wildman–Crippen MR) is 110 cm³/mol. The van der Waals surface area contributed by atoms with Gasteiger partial charge in [-0.15, -0.1) is 10.2 Å². The van der Waals surface area contributed by atoms with Crippen LogP contribution in [0.25, 0.3) is 11.5 Å². The first-order chi connectivity index (χ1) is 14.6. The molecule has 0 fully saturated rings. The summed E-state index contributed by atoms with van der Waals surface area (Å²) >= 11 is 0. The van der Waals surface area contributed by atoms with Crippen molar-refractivity contribution in [3.05, 3.63) is 107 Å². The molecule has 6 heteroatoms. The fraction of sp³-hybridized carbons (Fsp3) is 0.0833. The van der Waals surface area contributed by atoms with Crippen LogP contribution in [-0.4, -0.2) is 21.9 Å². The van der Waals surface area contributed by atoms with Crippen LogP contribution in [0.5, 0.6) is 0 Å². The molecule has 0 saturated heterocycles. The number of hydrogen-bond donors (Lipinski definition) is 0. The average molecular weight is 398 g/mol. The second-order valence-electron chi connectivity index (χ2n) is 6.72. The van der Waals surface area contributed by atoms with Crippen LogP contribution < -0.4 is 0 Å². The lowest BCUT2D eigenvalue weighted by molar-refractivity contribution is 0.0438. The van der Waals surface area contributed by atoms with E-state index in [9.17, 15) is 9.59 Å². The maximum absolute atomic E-state index is 12.4. The number of aromatic nitrogens is 2. The quantitative estimate of drug-likeness (QED) is 0.348. The maximum atomic E-state index is 12.4. The van der Waals surface area contributed by atoms with Gasteiger partial charge in [0.15, 0.2) is 12.4 Å². The van der Waals surface area contributed by atoms with E-state index in [2.05, 4.69) is 10.2 Å². The van der Waals surface area contributed by atoms with Gasteiger partial charge in [-0.05, 0) is 31.2 Å². The summed E-state index contributed by atoms with van der Waals surface area (Å²) in [5, 5.41) is 7.91. The Kier molecular flexibility index (Phi) is 5.48. The summed E-state index contributed by atoms with van der Waals surface area (Å²) < 4.78 is 10.8. The molecule has 0 aliphatic rings. The second kappa shape index (κ2) is 8.53. The first kappa shape index (κ1) is 19.3. The van der Waals surface area contributed by atoms with Gasteiger partial charge >= 0.3 is 5.97 Å². The van der Waals surface area contributed by atoms with Crippen molar-refractivity contribution in [3.8, 4) is 11.5 Å². The molecule has 1 aromatic heterocycles. The third kappa shape index (κ3) is 4.33. The molecule has 0 spiro atoms. The Hall–Kier alpha value is -4.06. The predicted octanol–water partition coefficient (Wildman–Crippen LogP) is 4.63. The summed E-state index contributed by atoms with van der Waals surface area (Å²) in [7, 11) is 0. The molecule has 0 bridgehead atoms. The molecule has 0 radical (unpaired) electrons. The number of ketones is 1. The summed E-state index contributed by atoms with van der Waals surface area (Å²) in [5.41, 5.74) is 3.30. The van der Waals surface area contributed by atoms with E-state index in [-0.39, 0.29) is 18.3 Å². The highest BCUT2D eigenvalue weighted by atomic mass is 16.5. The van der Waals surface area contributed by atoms with E-state index >= 15 is 0 Å². The molecular weight excluding hydrogens is 380 g/mol. The minimum Gasteiger partial charge on any atom is -0.452 e. The SMILES string of the molecule is Cc1cccc(-c2nnc(COC(=O)c3ccc(C(=O)c4ccccc4)cc3)o2)c1. The largest absolute Gasteiger partial charge is 0.452 e. The van der Waals surface area contributed by atoms with Gasteiger partial charge in [-0.3, -0.25) is 4.79 Å². The zero-order valence-electron chi connectivity index (χ0n) is 16.2. The van der Waals surface area contributed by atoms with Crippen LogP contribution in [0, 0.1) is 6.92 Å². The molecule has 4 rings (SSSR count). The summed E-state index contributed by atoms with van der Waals surface area (Å²) in [5.74, 6) is -0.0710. The van der Waals surface area contributed by atoms with Crippen LogP contribution in [0.4, 0.5) is 0 Å². The number of ether oxygens (including phenoxy) is 1. The van der Waals surface area contributed by atoms with E-state index < -0.39 is 5.97 Å². The van der Waals surface area contributed by atoms with Gasteiger partial charge in [0.1, 0.15) is 0 Å². The number of nitrogens with zero attached hydrogens (tertiary/aromatic N) is 2. The lowest BCUT2D eigenvalue weighted by atomic mass is 10.0. The molecule has 0 amide bonds. The first-order valence-electron chi connectivity index (χ1n) is 9.36. The van der Waals surface area contributed by atoms with Gasteiger partial charge in [0, 0.05) is 16.7 Å². The molecule has 4 aromatic rings. The number of rotatable bonds is 6. The molecule has 1 heterocycles. The number of carbonyl (C=O) groups is 2. The van der Waals surface area contributed by atoms with Gasteiger partial charge in [-0.25, -0.2) is 4.79 Å². The number of benzene rings is 3. The van der Waals surface area contributed by atoms with E-state index in [4.69, 9.17) is 9.15 Å². The third-order valence-corrected chi connectivity index (χ3v) is 4.48. The molecule has 30 heavy (non-hydrogen) atoms. The van der Waals surface area contributed by atoms with Gasteiger partial charge in [0.25, 0.3) is 5.89 Å². The van der Waals surface area contributed by atoms with Crippen LogP contribution in [0.15, 0.2) is 83.3 Å². The van der Waals surface area contributed by atoms with Gasteiger partial charge < -0.3 is 9.15 Å². The Balaban J connectivity index is 1.38. The van der Waals surface area contributed by atoms with Crippen molar-refractivity contribution < 1.29 is 18.7 Å². The van der Waals surface area contributed by atoms with Crippen molar-refractivity contribution in [1.29, 1.82) is 0 Å². The first-order valence-corrected chi connectivity index (χ1v) is 9.36. The Morgan fingerprint density at radius 1 is 0.833 bits per heavy atom. The highest BCUT2D eigenvalue weighted by Gasteiger charge is 2.14. The van der Waals surface area contributed by atoms with Crippen molar-refractivity contribution in [3.63, 3.8) is 0 Å². The van der Waals surface area contributed by atoms with Crippen molar-refractivity contribution >= 4 is 11.8 Å². The van der Waals surface area contributed by atoms with E-state index in [0.29, 0.717) is 22.6 Å². The Morgan fingerprint density at radius 3 is 2.27 bits per heavy atom. The van der Waals surface area contributed by atoms with Gasteiger partial charge in [0.05, 0.1) is 5.56 Å². The van der Waals surface area contributed by atoms with E-state index in [0.717, 1.165) is 11.1 Å². The molecule has 0 saturated carbocycles. The van der Waals surface area contributed by atoms with Crippen LogP contribution >= 0.6 is 0 Å². The van der Waals surface area contributed by atoms with Crippen molar-refractivity contribution in [2.45, 2.75) is 13.5 Å². The summed E-state index contributed by atoms with van der Waals surface area (Å²) in [6, 6.07) is 23.0. The minimum absolute atomic E-state index is 0.106. The highest BCUT2D eigenvalue weighted by Crippen LogP contribution is 2.19. The molecule has 0 aliphatic heterocycles. The fourth-order valence-corrected chi connectivity index (χ4v) is 2.93. The molecule has 148 valence electrons. The van der Waals surface area contributed by atoms with E-state index in [1.54, 1.807) is 48.5 Å². The molecule has 6 nitrogen and oxygen atoms in total. The second-order valence-corrected chi connectivity index (χ2v) is 6.72. The third-order valence-electron chi connectivity index (χ3n) is 4.48. The summed E-state index contributed by atoms with van der Waals surface area (Å²) in [4.78, 5) is 24.7. The maximum Gasteiger partial charge on any atom is 0.338 e. The van der Waals surface area contributed by atoms with Crippen molar-refractivity contribution in [2.24, 2.45) is 0 Å². The molecular formula is C24H18N2O4. The van der Waals surface area contributed by atoms with Gasteiger partial charge in [0.2, 0.25) is 5.89 Å². The number of carbonyl (C=O) groups excluding carboxylic acids is 2. The molecule has 3 aromatic carbocycles. The zero-order valence-corrected chi connectivity index (χ0v) is 16.2. The smallest absolute Gasteiger partial charge is 0.338 e. The Bertz CT molecular complexity index is 1180. The average Bonchev–Trinajstić information content (AvgIpc) is 3.27. The van der Waals surface area contributed by atoms with Crippen LogP contribution in [0.3, 0.4) is 0 Å². The van der Waals surface area contributed by atoms with Crippen LogP contribution in [-0.2, 0) is 11.3 Å². The summed E-state index contributed by atoms with van der Waals surface area (Å²) in [6.07, 6.45) is 0. The molecule has 0 atom stereocenters. The van der Waals surface area contributed by atoms with Crippen molar-refractivity contribution in [1.82, 2.24) is 10.2 Å². The topological polar surface area (TPSA) is 82.3 Å². The monoisotopic (exact) mass is 398 g/mol. The fourth-order valence-electron chi connectivity index (χ4n) is 2.93. The number of hydrogen-bond acceptors (Lipinski definition) is 6. The lowest BCUT2D eigenvalue weighted by Gasteiger charge is -2.04. The number of aryl methyl sites for hydroxylation is 1. The zero-order chi connectivity index (χ0) is 20.9. The molecule has 0 aliphatic carbocycles. The molecule has 0 unspecified atom stereocenters.